The maximum atomic E-state index is 5.87. The largest absolute Gasteiger partial charge is 0.370 e. The Kier molecular flexibility index (Phi) is 5.67. The van der Waals surface area contributed by atoms with Crippen LogP contribution in [0.2, 0.25) is 0 Å². The Morgan fingerprint density at radius 2 is 1.66 bits per heavy atom. The van der Waals surface area contributed by atoms with E-state index < -0.39 is 0 Å². The quantitative estimate of drug-likeness (QED) is 0.672. The summed E-state index contributed by atoms with van der Waals surface area (Å²) in [6.07, 6.45) is 0. The maximum Gasteiger partial charge on any atom is 0.207 e. The zero-order chi connectivity index (χ0) is 20.4. The summed E-state index contributed by atoms with van der Waals surface area (Å²) in [4.78, 5) is 1.44. The van der Waals surface area contributed by atoms with E-state index >= 15 is 0 Å². The molecule has 1 fully saturated rings. The summed E-state index contributed by atoms with van der Waals surface area (Å²) in [5.41, 5.74) is 3.54. The maximum absolute atomic E-state index is 5.87. The van der Waals surface area contributed by atoms with Crippen LogP contribution in [0.25, 0.3) is 17.1 Å². The Hall–Kier alpha value is -2.28. The lowest BCUT2D eigenvalue weighted by molar-refractivity contribution is -0.930. The Balaban J connectivity index is 1.77. The molecule has 2 heterocycles. The van der Waals surface area contributed by atoms with Gasteiger partial charge >= 0.3 is 0 Å². The van der Waals surface area contributed by atoms with Crippen LogP contribution in [0, 0.1) is 4.77 Å². The molecule has 1 saturated heterocycles. The molecule has 0 aliphatic carbocycles. The van der Waals surface area contributed by atoms with Gasteiger partial charge in [-0.1, -0.05) is 63.2 Å². The zero-order valence-corrected chi connectivity index (χ0v) is 18.2. The number of morpholine rings is 1. The molecule has 29 heavy (non-hydrogen) atoms. The van der Waals surface area contributed by atoms with Crippen molar-refractivity contribution in [1.29, 1.82) is 0 Å². The number of nitrogens with zero attached hydrogens (tertiary/aromatic N) is 3. The van der Waals surface area contributed by atoms with E-state index in [1.54, 1.807) is 0 Å². The summed E-state index contributed by atoms with van der Waals surface area (Å²) in [5, 5.41) is 4.96. The van der Waals surface area contributed by atoms with Gasteiger partial charge in [0.05, 0.1) is 13.2 Å². The average molecular weight is 410 g/mol. The lowest BCUT2D eigenvalue weighted by Crippen LogP contribution is -3.13. The molecule has 1 aliphatic rings. The van der Waals surface area contributed by atoms with Gasteiger partial charge in [0.2, 0.25) is 4.77 Å². The number of hydrogen-bond acceptors (Lipinski definition) is 3. The van der Waals surface area contributed by atoms with Gasteiger partial charge in [0.25, 0.3) is 0 Å². The van der Waals surface area contributed by atoms with E-state index in [1.807, 2.05) is 22.9 Å². The van der Waals surface area contributed by atoms with Gasteiger partial charge in [0, 0.05) is 11.3 Å². The van der Waals surface area contributed by atoms with E-state index in [9.17, 15) is 0 Å². The number of para-hydroxylation sites is 1. The fraction of sp³-hybridized carbons (Fsp3) is 0.391. The van der Waals surface area contributed by atoms with Crippen molar-refractivity contribution in [2.75, 3.05) is 26.3 Å². The highest BCUT2D eigenvalue weighted by Gasteiger charge is 2.20. The molecule has 3 aromatic rings. The number of benzene rings is 2. The first-order chi connectivity index (χ1) is 13.9. The second-order valence-corrected chi connectivity index (χ2v) is 8.99. The monoisotopic (exact) mass is 409 g/mol. The molecule has 1 aromatic heterocycles. The van der Waals surface area contributed by atoms with Gasteiger partial charge in [-0.15, -0.1) is 5.10 Å². The Morgan fingerprint density at radius 1 is 1.00 bits per heavy atom. The molecule has 0 amide bonds. The molecule has 1 aliphatic heterocycles. The summed E-state index contributed by atoms with van der Waals surface area (Å²) < 4.78 is 10.3. The van der Waals surface area contributed by atoms with E-state index in [1.165, 1.54) is 10.5 Å². The van der Waals surface area contributed by atoms with Crippen LogP contribution < -0.4 is 4.90 Å². The van der Waals surface area contributed by atoms with Crippen molar-refractivity contribution in [2.45, 2.75) is 32.9 Å². The molecule has 1 N–H and O–H groups in total. The Bertz CT molecular complexity index is 1010. The van der Waals surface area contributed by atoms with Crippen LogP contribution in [0.3, 0.4) is 0 Å². The van der Waals surface area contributed by atoms with Gasteiger partial charge in [0.15, 0.2) is 12.5 Å². The molecular formula is C23H29N4OS+. The van der Waals surface area contributed by atoms with Gasteiger partial charge < -0.3 is 9.64 Å². The smallest absolute Gasteiger partial charge is 0.207 e. The Labute approximate surface area is 177 Å². The first-order valence-corrected chi connectivity index (χ1v) is 10.6. The summed E-state index contributed by atoms with van der Waals surface area (Å²) >= 11 is 5.87. The summed E-state index contributed by atoms with van der Waals surface area (Å²) in [7, 11) is 0. The van der Waals surface area contributed by atoms with Crippen molar-refractivity contribution in [3.05, 3.63) is 64.9 Å². The van der Waals surface area contributed by atoms with Crippen LogP contribution in [0.4, 0.5) is 0 Å². The molecule has 152 valence electrons. The Morgan fingerprint density at radius 3 is 2.28 bits per heavy atom. The van der Waals surface area contributed by atoms with Crippen molar-refractivity contribution < 1.29 is 9.64 Å². The van der Waals surface area contributed by atoms with Gasteiger partial charge in [-0.25, -0.2) is 0 Å². The fourth-order valence-electron chi connectivity index (χ4n) is 3.66. The van der Waals surface area contributed by atoms with Gasteiger partial charge in [-0.3, -0.25) is 4.57 Å². The lowest BCUT2D eigenvalue weighted by Gasteiger charge is -2.23. The van der Waals surface area contributed by atoms with E-state index in [0.717, 1.165) is 54.8 Å². The number of aromatic nitrogens is 3. The minimum absolute atomic E-state index is 0.121. The number of nitrogens with one attached hydrogen (secondary N) is 1. The third-order valence-corrected chi connectivity index (χ3v) is 5.83. The minimum atomic E-state index is 0.121. The number of ether oxygens (including phenoxy) is 1. The molecular weight excluding hydrogens is 380 g/mol. The van der Waals surface area contributed by atoms with Crippen LogP contribution in [0.5, 0.6) is 0 Å². The molecule has 0 saturated carbocycles. The molecule has 0 unspecified atom stereocenters. The van der Waals surface area contributed by atoms with E-state index in [4.69, 9.17) is 22.1 Å². The van der Waals surface area contributed by atoms with E-state index in [2.05, 4.69) is 61.7 Å². The van der Waals surface area contributed by atoms with Crippen molar-refractivity contribution in [1.82, 2.24) is 14.3 Å². The van der Waals surface area contributed by atoms with E-state index in [0.29, 0.717) is 0 Å². The fourth-order valence-corrected chi connectivity index (χ4v) is 3.95. The molecule has 4 rings (SSSR count). The predicted molar refractivity (Wildman–Crippen MR) is 118 cm³/mol. The second kappa shape index (κ2) is 8.22. The third-order valence-electron chi connectivity index (χ3n) is 5.44. The molecule has 5 nitrogen and oxygen atoms in total. The van der Waals surface area contributed by atoms with Crippen molar-refractivity contribution in [2.24, 2.45) is 0 Å². The van der Waals surface area contributed by atoms with Crippen LogP contribution in [0.15, 0.2) is 54.6 Å². The van der Waals surface area contributed by atoms with Crippen molar-refractivity contribution in [3.8, 4) is 17.1 Å². The van der Waals surface area contributed by atoms with Crippen LogP contribution in [-0.2, 0) is 16.8 Å². The van der Waals surface area contributed by atoms with Gasteiger partial charge in [0.1, 0.15) is 13.1 Å². The first-order valence-electron chi connectivity index (χ1n) is 10.2. The van der Waals surface area contributed by atoms with Crippen molar-refractivity contribution in [3.63, 3.8) is 0 Å². The number of hydrogen-bond donors (Lipinski definition) is 1. The summed E-state index contributed by atoms with van der Waals surface area (Å²) in [5.74, 6) is 0.884. The molecule has 0 spiro atoms. The minimum Gasteiger partial charge on any atom is -0.370 e. The SMILES string of the molecule is CC(C)(C)c1ccc(-c2nn(C[NH+]3CCOCC3)c(=S)n2-c2ccccc2)cc1. The molecule has 0 bridgehead atoms. The third kappa shape index (κ3) is 4.34. The highest BCUT2D eigenvalue weighted by molar-refractivity contribution is 7.71. The highest BCUT2D eigenvalue weighted by atomic mass is 32.1. The molecule has 0 atom stereocenters. The van der Waals surface area contributed by atoms with Crippen LogP contribution >= 0.6 is 12.2 Å². The second-order valence-electron chi connectivity index (χ2n) is 8.62. The predicted octanol–water partition coefficient (Wildman–Crippen LogP) is 3.24. The van der Waals surface area contributed by atoms with Crippen LogP contribution in [-0.4, -0.2) is 40.7 Å². The standard InChI is InChI=1S/C23H28N4OS/c1-23(2,3)19-11-9-18(10-12-19)21-24-26(17-25-13-15-28-16-14-25)22(29)27(21)20-7-5-4-6-8-20/h4-12H,13-17H2,1-3H3/p+1. The molecule has 6 heteroatoms. The van der Waals surface area contributed by atoms with Gasteiger partial charge in [-0.05, 0) is 35.3 Å². The zero-order valence-electron chi connectivity index (χ0n) is 17.4. The highest BCUT2D eigenvalue weighted by Crippen LogP contribution is 2.27. The van der Waals surface area contributed by atoms with Gasteiger partial charge in [-0.2, -0.15) is 4.68 Å². The first kappa shape index (κ1) is 20.0. The molecule has 2 aromatic carbocycles. The number of rotatable bonds is 4. The van der Waals surface area contributed by atoms with Crippen molar-refractivity contribution >= 4 is 12.2 Å². The summed E-state index contributed by atoms with van der Waals surface area (Å²) in [6, 6.07) is 19.0. The molecule has 0 radical (unpaired) electrons. The normalized spacial score (nSPS) is 15.6. The average Bonchev–Trinajstić information content (AvgIpc) is 3.05. The van der Waals surface area contributed by atoms with E-state index in [-0.39, 0.29) is 5.41 Å². The number of quaternary nitrogens is 1. The summed E-state index contributed by atoms with van der Waals surface area (Å²) in [6.45, 7) is 11.0. The topological polar surface area (TPSA) is 36.4 Å². The van der Waals surface area contributed by atoms with Crippen LogP contribution in [0.1, 0.15) is 26.3 Å². The lowest BCUT2D eigenvalue weighted by atomic mass is 9.87.